The second kappa shape index (κ2) is 8.33. The molecule has 32 heavy (non-hydrogen) atoms. The molecule has 0 spiro atoms. The number of hydrazone groups is 1. The molecule has 2 unspecified atom stereocenters. The first-order valence-electron chi connectivity index (χ1n) is 11.1. The molecule has 0 bridgehead atoms. The van der Waals surface area contributed by atoms with Crippen molar-refractivity contribution in [3.05, 3.63) is 59.4 Å². The van der Waals surface area contributed by atoms with Gasteiger partial charge in [-0.2, -0.15) is 5.10 Å². The molecule has 5 rings (SSSR count). The Morgan fingerprint density at radius 2 is 1.72 bits per heavy atom. The summed E-state index contributed by atoms with van der Waals surface area (Å²) in [5.41, 5.74) is 4.12. The van der Waals surface area contributed by atoms with E-state index in [4.69, 9.17) is 0 Å². The molecule has 2 atom stereocenters. The minimum atomic E-state index is -0.563. The summed E-state index contributed by atoms with van der Waals surface area (Å²) in [5.74, 6) is -1.18. The Hall–Kier alpha value is -3.29. The molecular formula is C24H25FN4O3. The van der Waals surface area contributed by atoms with Crippen LogP contribution in [0.25, 0.3) is 0 Å². The van der Waals surface area contributed by atoms with E-state index in [-0.39, 0.29) is 41.0 Å². The van der Waals surface area contributed by atoms with Gasteiger partial charge in [-0.05, 0) is 30.5 Å². The maximum absolute atomic E-state index is 14.6. The Morgan fingerprint density at radius 3 is 2.44 bits per heavy atom. The van der Waals surface area contributed by atoms with Gasteiger partial charge in [-0.15, -0.1) is 0 Å². The molecule has 1 saturated carbocycles. The van der Waals surface area contributed by atoms with Gasteiger partial charge in [0.1, 0.15) is 5.82 Å². The molecule has 2 aliphatic carbocycles. The van der Waals surface area contributed by atoms with Crippen molar-refractivity contribution in [2.75, 3.05) is 26.2 Å². The number of halogens is 1. The molecule has 2 aliphatic heterocycles. The van der Waals surface area contributed by atoms with Crippen LogP contribution in [0.2, 0.25) is 0 Å². The lowest BCUT2D eigenvalue weighted by molar-refractivity contribution is -0.134. The van der Waals surface area contributed by atoms with Gasteiger partial charge in [0.15, 0.2) is 0 Å². The maximum atomic E-state index is 14.6. The molecule has 0 radical (unpaired) electrons. The van der Waals surface area contributed by atoms with E-state index >= 15 is 0 Å². The van der Waals surface area contributed by atoms with Gasteiger partial charge in [0.25, 0.3) is 5.91 Å². The maximum Gasteiger partial charge on any atom is 0.256 e. The van der Waals surface area contributed by atoms with Crippen LogP contribution >= 0.6 is 0 Å². The van der Waals surface area contributed by atoms with Gasteiger partial charge >= 0.3 is 0 Å². The van der Waals surface area contributed by atoms with Crippen LogP contribution in [0.15, 0.2) is 47.6 Å². The highest BCUT2D eigenvalue weighted by Crippen LogP contribution is 2.31. The van der Waals surface area contributed by atoms with Crippen molar-refractivity contribution < 1.29 is 18.8 Å². The van der Waals surface area contributed by atoms with Gasteiger partial charge in [0.2, 0.25) is 11.8 Å². The average molecular weight is 436 g/mol. The second-order valence-corrected chi connectivity index (χ2v) is 8.78. The van der Waals surface area contributed by atoms with Crippen LogP contribution < -0.4 is 5.43 Å². The van der Waals surface area contributed by atoms with Crippen LogP contribution in [0.3, 0.4) is 0 Å². The zero-order valence-corrected chi connectivity index (χ0v) is 17.7. The van der Waals surface area contributed by atoms with Crippen LogP contribution in [0.5, 0.6) is 0 Å². The lowest BCUT2D eigenvalue weighted by Gasteiger charge is -2.35. The summed E-state index contributed by atoms with van der Waals surface area (Å²) in [5, 5.41) is 4.23. The number of allylic oxidation sites excluding steroid dienone is 3. The van der Waals surface area contributed by atoms with Gasteiger partial charge in [0.05, 0.1) is 17.2 Å². The van der Waals surface area contributed by atoms with Crippen molar-refractivity contribution in [2.45, 2.75) is 19.3 Å². The molecule has 166 valence electrons. The molecule has 2 fully saturated rings. The Kier molecular flexibility index (Phi) is 5.36. The van der Waals surface area contributed by atoms with E-state index < -0.39 is 5.82 Å². The zero-order chi connectivity index (χ0) is 22.2. The summed E-state index contributed by atoms with van der Waals surface area (Å²) < 4.78 is 14.6. The van der Waals surface area contributed by atoms with Crippen LogP contribution in [0.4, 0.5) is 4.39 Å². The number of benzene rings is 1. The summed E-state index contributed by atoms with van der Waals surface area (Å²) in [7, 11) is 0. The Balaban J connectivity index is 1.28. The molecule has 1 N–H and O–H groups in total. The highest BCUT2D eigenvalue weighted by atomic mass is 19.1. The van der Waals surface area contributed by atoms with Crippen molar-refractivity contribution in [2.24, 2.45) is 22.9 Å². The van der Waals surface area contributed by atoms with Crippen molar-refractivity contribution in [3.63, 3.8) is 0 Å². The predicted molar refractivity (Wildman–Crippen MR) is 116 cm³/mol. The molecule has 0 aromatic heterocycles. The number of carbonyl (C=O) groups excluding carboxylic acids is 3. The van der Waals surface area contributed by atoms with Gasteiger partial charge < -0.3 is 9.80 Å². The first-order chi connectivity index (χ1) is 15.5. The average Bonchev–Trinajstić information content (AvgIpc) is 3.67. The monoisotopic (exact) mass is 436 g/mol. The minimum absolute atomic E-state index is 0.0283. The van der Waals surface area contributed by atoms with Crippen molar-refractivity contribution in [1.29, 1.82) is 0 Å². The summed E-state index contributed by atoms with van der Waals surface area (Å²) in [6, 6.07) is 4.54. The number of amides is 3. The quantitative estimate of drug-likeness (QED) is 0.783. The number of carbonyl (C=O) groups is 3. The van der Waals surface area contributed by atoms with Gasteiger partial charge in [0, 0.05) is 44.4 Å². The molecule has 1 saturated heterocycles. The fourth-order valence-electron chi connectivity index (χ4n) is 4.55. The lowest BCUT2D eigenvalue weighted by atomic mass is 9.81. The summed E-state index contributed by atoms with van der Waals surface area (Å²) in [6.45, 7) is 1.78. The van der Waals surface area contributed by atoms with E-state index in [1.807, 2.05) is 29.2 Å². The second-order valence-electron chi connectivity index (χ2n) is 8.78. The summed E-state index contributed by atoms with van der Waals surface area (Å²) >= 11 is 0. The first kappa shape index (κ1) is 20.6. The van der Waals surface area contributed by atoms with E-state index in [0.29, 0.717) is 32.6 Å². The van der Waals surface area contributed by atoms with E-state index in [1.165, 1.54) is 6.07 Å². The van der Waals surface area contributed by atoms with Gasteiger partial charge in [-0.25, -0.2) is 9.82 Å². The fraction of sp³-hybridized carbons (Fsp3) is 0.417. The van der Waals surface area contributed by atoms with Gasteiger partial charge in [-0.3, -0.25) is 14.4 Å². The first-order valence-corrected chi connectivity index (χ1v) is 11.1. The van der Waals surface area contributed by atoms with Crippen molar-refractivity contribution >= 4 is 23.4 Å². The van der Waals surface area contributed by atoms with E-state index in [9.17, 15) is 18.8 Å². The Morgan fingerprint density at radius 1 is 1.03 bits per heavy atom. The third kappa shape index (κ3) is 3.97. The summed E-state index contributed by atoms with van der Waals surface area (Å²) in [6.07, 6.45) is 9.85. The SMILES string of the molecule is O=C1NN=C(Cc2ccc(F)c(C(=O)N3CCN(C(=O)C4CC4)CC3)c2)C2C=CC=CC12. The minimum Gasteiger partial charge on any atom is -0.339 e. The molecule has 1 aromatic rings. The Labute approximate surface area is 185 Å². The molecule has 1 aromatic carbocycles. The third-order valence-electron chi connectivity index (χ3n) is 6.58. The van der Waals surface area contributed by atoms with E-state index in [2.05, 4.69) is 10.5 Å². The smallest absolute Gasteiger partial charge is 0.256 e. The van der Waals surface area contributed by atoms with Crippen LogP contribution in [0.1, 0.15) is 28.8 Å². The zero-order valence-electron chi connectivity index (χ0n) is 17.7. The lowest BCUT2D eigenvalue weighted by Crippen LogP contribution is -2.51. The van der Waals surface area contributed by atoms with E-state index in [0.717, 1.165) is 24.1 Å². The normalized spacial score (nSPS) is 24.7. The number of fused-ring (bicyclic) bond motifs is 1. The molecule has 7 nitrogen and oxygen atoms in total. The van der Waals surface area contributed by atoms with Crippen molar-refractivity contribution in [3.8, 4) is 0 Å². The highest BCUT2D eigenvalue weighted by Gasteiger charge is 2.36. The number of piperazine rings is 1. The molecule has 4 aliphatic rings. The van der Waals surface area contributed by atoms with Crippen LogP contribution in [-0.2, 0) is 16.0 Å². The topological polar surface area (TPSA) is 82.1 Å². The number of nitrogens with zero attached hydrogens (tertiary/aromatic N) is 3. The number of hydrogen-bond donors (Lipinski definition) is 1. The number of rotatable bonds is 4. The molecule has 2 heterocycles. The fourth-order valence-corrected chi connectivity index (χ4v) is 4.55. The summed E-state index contributed by atoms with van der Waals surface area (Å²) in [4.78, 5) is 40.8. The number of hydrogen-bond acceptors (Lipinski definition) is 4. The molecule has 3 amide bonds. The number of nitrogens with one attached hydrogen (secondary N) is 1. The third-order valence-corrected chi connectivity index (χ3v) is 6.58. The Bertz CT molecular complexity index is 1050. The van der Waals surface area contributed by atoms with Crippen LogP contribution in [-0.4, -0.2) is 59.4 Å². The van der Waals surface area contributed by atoms with Gasteiger partial charge in [-0.1, -0.05) is 30.4 Å². The highest BCUT2D eigenvalue weighted by molar-refractivity contribution is 6.00. The molecule has 8 heteroatoms. The standard InChI is InChI=1S/C24H25FN4O3/c25-20-8-5-15(14-21-17-3-1-2-4-18(17)22(30)27-26-21)13-19(20)24(32)29-11-9-28(10-12-29)23(31)16-6-7-16/h1-5,8,13,16-18H,6-7,9-12,14H2,(H,27,30). The molecular weight excluding hydrogens is 411 g/mol. The van der Waals surface area contributed by atoms with Crippen LogP contribution in [0, 0.1) is 23.6 Å². The van der Waals surface area contributed by atoms with Crippen molar-refractivity contribution in [1.82, 2.24) is 15.2 Å². The van der Waals surface area contributed by atoms with E-state index in [1.54, 1.807) is 17.0 Å². The predicted octanol–water partition coefficient (Wildman–Crippen LogP) is 1.91. The largest absolute Gasteiger partial charge is 0.339 e.